The summed E-state index contributed by atoms with van der Waals surface area (Å²) in [7, 11) is 5.33. The molecule has 1 unspecified atom stereocenters. The molecule has 0 saturated carbocycles. The Kier molecular flexibility index (Phi) is 6.85. The maximum absolute atomic E-state index is 13.2. The second-order valence-corrected chi connectivity index (χ2v) is 10.1. The molecule has 204 valence electrons. The number of nitrogens with zero attached hydrogens (tertiary/aromatic N) is 5. The van der Waals surface area contributed by atoms with Crippen molar-refractivity contribution >= 4 is 40.3 Å². The van der Waals surface area contributed by atoms with E-state index in [9.17, 15) is 14.4 Å². The minimum Gasteiger partial charge on any atom is -0.383 e. The summed E-state index contributed by atoms with van der Waals surface area (Å²) in [4.78, 5) is 49.6. The monoisotopic (exact) mass is 537 g/mol. The second kappa shape index (κ2) is 10.3. The van der Waals surface area contributed by atoms with Gasteiger partial charge in [-0.2, -0.15) is 0 Å². The van der Waals surface area contributed by atoms with Crippen molar-refractivity contribution in [3.8, 4) is 22.4 Å². The quantitative estimate of drug-likeness (QED) is 0.361. The minimum absolute atomic E-state index is 0.0476. The summed E-state index contributed by atoms with van der Waals surface area (Å²) >= 11 is 0. The molecule has 1 aliphatic rings. The Bertz CT molecular complexity index is 1660. The van der Waals surface area contributed by atoms with Gasteiger partial charge in [0.2, 0.25) is 5.91 Å². The lowest BCUT2D eigenvalue weighted by Crippen LogP contribution is -2.42. The first kappa shape index (κ1) is 26.6. The van der Waals surface area contributed by atoms with E-state index in [4.69, 9.17) is 5.73 Å². The topological polar surface area (TPSA) is 126 Å². The van der Waals surface area contributed by atoms with Crippen molar-refractivity contribution in [1.29, 1.82) is 0 Å². The Balaban J connectivity index is 1.54. The number of carbonyl (C=O) groups is 3. The van der Waals surface area contributed by atoms with Gasteiger partial charge in [-0.15, -0.1) is 0 Å². The number of nitrogens with one attached hydrogen (secondary N) is 1. The second-order valence-electron chi connectivity index (χ2n) is 10.1. The molecule has 0 aliphatic carbocycles. The molecule has 1 aliphatic heterocycles. The van der Waals surface area contributed by atoms with Crippen LogP contribution >= 0.6 is 0 Å². The Hall–Kier alpha value is -4.99. The van der Waals surface area contributed by atoms with Gasteiger partial charge < -0.3 is 25.4 Å². The smallest absolute Gasteiger partial charge is 0.254 e. The highest BCUT2D eigenvalue weighted by Gasteiger charge is 2.34. The molecule has 2 aromatic heterocycles. The predicted molar refractivity (Wildman–Crippen MR) is 155 cm³/mol. The van der Waals surface area contributed by atoms with Crippen LogP contribution in [0, 0.1) is 0 Å². The summed E-state index contributed by atoms with van der Waals surface area (Å²) in [5.41, 5.74) is 12.0. The number of amides is 3. The van der Waals surface area contributed by atoms with Crippen LogP contribution in [0.1, 0.15) is 23.7 Å². The number of rotatable bonds is 6. The third-order valence-corrected chi connectivity index (χ3v) is 7.41. The lowest BCUT2D eigenvalue weighted by Gasteiger charge is -2.23. The van der Waals surface area contributed by atoms with Crippen LogP contribution in [0.3, 0.4) is 0 Å². The average Bonchev–Trinajstić information content (AvgIpc) is 3.44. The van der Waals surface area contributed by atoms with Gasteiger partial charge in [0.05, 0.1) is 11.1 Å². The van der Waals surface area contributed by atoms with Crippen molar-refractivity contribution in [2.75, 3.05) is 31.7 Å². The zero-order chi connectivity index (χ0) is 28.7. The number of likely N-dealkylation sites (N-methyl/N-ethyl adjacent to an activating group) is 2. The van der Waals surface area contributed by atoms with Crippen LogP contribution in [0.2, 0.25) is 0 Å². The molecule has 1 atom stereocenters. The van der Waals surface area contributed by atoms with E-state index in [1.54, 1.807) is 38.1 Å². The van der Waals surface area contributed by atoms with Crippen LogP contribution in [-0.4, -0.2) is 68.7 Å². The van der Waals surface area contributed by atoms with Gasteiger partial charge >= 0.3 is 0 Å². The fourth-order valence-electron chi connectivity index (χ4n) is 5.13. The Morgan fingerprint density at radius 1 is 1.05 bits per heavy atom. The molecular weight excluding hydrogens is 506 g/mol. The van der Waals surface area contributed by atoms with E-state index >= 15 is 0 Å². The highest BCUT2D eigenvalue weighted by molar-refractivity contribution is 6.08. The van der Waals surface area contributed by atoms with E-state index in [0.29, 0.717) is 46.6 Å². The first-order chi connectivity index (χ1) is 19.1. The van der Waals surface area contributed by atoms with Crippen LogP contribution in [0.4, 0.5) is 11.5 Å². The molecule has 4 aromatic rings. The number of hydrogen-bond donors (Lipinski definition) is 2. The molecule has 3 amide bonds. The number of aryl methyl sites for hydroxylation is 1. The summed E-state index contributed by atoms with van der Waals surface area (Å²) in [6.45, 7) is 5.96. The third-order valence-electron chi connectivity index (χ3n) is 7.41. The molecule has 1 fully saturated rings. The van der Waals surface area contributed by atoms with Crippen LogP contribution in [0.5, 0.6) is 0 Å². The molecule has 1 saturated heterocycles. The van der Waals surface area contributed by atoms with Crippen LogP contribution < -0.4 is 11.1 Å². The van der Waals surface area contributed by atoms with Gasteiger partial charge in [0.1, 0.15) is 23.8 Å². The van der Waals surface area contributed by atoms with Gasteiger partial charge in [0, 0.05) is 50.1 Å². The standard InChI is InChI=1S/C30H31N7O3/c1-17(2)28(38)34-21-12-10-19(11-13-21)25-23(24-26(31)32-16-33-27(24)37(25)5)18-6-8-20(9-7-18)29(39)36(4)22-14-15-35(3)30(22)40/h6-13,16,22H,1,14-15H2,2-5H3,(H,34,38)(H2,31,32,33). The van der Waals surface area contributed by atoms with Gasteiger partial charge in [0.15, 0.2) is 0 Å². The summed E-state index contributed by atoms with van der Waals surface area (Å²) in [6.07, 6.45) is 2.05. The zero-order valence-electron chi connectivity index (χ0n) is 22.9. The first-order valence-corrected chi connectivity index (χ1v) is 12.9. The fraction of sp³-hybridized carbons (Fsp3) is 0.233. The van der Waals surface area contributed by atoms with Crippen molar-refractivity contribution in [1.82, 2.24) is 24.3 Å². The Labute approximate surface area is 232 Å². The predicted octanol–water partition coefficient (Wildman–Crippen LogP) is 3.70. The Morgan fingerprint density at radius 3 is 2.30 bits per heavy atom. The number of aromatic nitrogens is 3. The maximum Gasteiger partial charge on any atom is 0.254 e. The molecule has 0 radical (unpaired) electrons. The number of fused-ring (bicyclic) bond motifs is 1. The molecule has 3 N–H and O–H groups in total. The van der Waals surface area contributed by atoms with Crippen molar-refractivity contribution in [2.45, 2.75) is 19.4 Å². The van der Waals surface area contributed by atoms with Gasteiger partial charge in [-0.1, -0.05) is 30.8 Å². The van der Waals surface area contributed by atoms with Crippen LogP contribution in [0.15, 0.2) is 67.0 Å². The number of hydrogen-bond acceptors (Lipinski definition) is 6. The largest absolute Gasteiger partial charge is 0.383 e. The van der Waals surface area contributed by atoms with Gasteiger partial charge in [-0.3, -0.25) is 14.4 Å². The summed E-state index contributed by atoms with van der Waals surface area (Å²) in [5.74, 6) is -0.163. The molecule has 0 bridgehead atoms. The van der Waals surface area contributed by atoms with Crippen molar-refractivity contribution in [3.63, 3.8) is 0 Å². The molecule has 0 spiro atoms. The molecule has 10 heteroatoms. The lowest BCUT2D eigenvalue weighted by atomic mass is 9.97. The normalized spacial score (nSPS) is 14.9. The lowest BCUT2D eigenvalue weighted by molar-refractivity contribution is -0.130. The molecule has 5 rings (SSSR count). The highest BCUT2D eigenvalue weighted by Crippen LogP contribution is 2.41. The zero-order valence-corrected chi connectivity index (χ0v) is 22.9. The van der Waals surface area contributed by atoms with Crippen molar-refractivity contribution in [2.24, 2.45) is 7.05 Å². The Morgan fingerprint density at radius 2 is 1.70 bits per heavy atom. The number of carbonyl (C=O) groups excluding carboxylic acids is 3. The van der Waals surface area contributed by atoms with E-state index in [-0.39, 0.29) is 17.7 Å². The number of benzene rings is 2. The average molecular weight is 538 g/mol. The number of likely N-dealkylation sites (tertiary alicyclic amines) is 1. The molecule has 3 heterocycles. The molecule has 40 heavy (non-hydrogen) atoms. The summed E-state index contributed by atoms with van der Waals surface area (Å²) < 4.78 is 1.96. The maximum atomic E-state index is 13.2. The van der Waals surface area contributed by atoms with E-state index in [1.807, 2.05) is 48.0 Å². The molecule has 10 nitrogen and oxygen atoms in total. The number of nitrogen functional groups attached to an aromatic ring is 1. The van der Waals surface area contributed by atoms with Gasteiger partial charge in [-0.25, -0.2) is 9.97 Å². The van der Waals surface area contributed by atoms with Crippen molar-refractivity contribution < 1.29 is 14.4 Å². The number of nitrogens with two attached hydrogens (primary N) is 1. The third kappa shape index (κ3) is 4.57. The summed E-state index contributed by atoms with van der Waals surface area (Å²) in [6, 6.07) is 14.3. The fourth-order valence-corrected chi connectivity index (χ4v) is 5.13. The van der Waals surface area contributed by atoms with Gasteiger partial charge in [0.25, 0.3) is 11.8 Å². The van der Waals surface area contributed by atoms with E-state index < -0.39 is 6.04 Å². The minimum atomic E-state index is -0.457. The van der Waals surface area contributed by atoms with E-state index in [1.165, 1.54) is 11.2 Å². The first-order valence-electron chi connectivity index (χ1n) is 12.9. The summed E-state index contributed by atoms with van der Waals surface area (Å²) in [5, 5.41) is 3.52. The van der Waals surface area contributed by atoms with E-state index in [0.717, 1.165) is 22.4 Å². The van der Waals surface area contributed by atoms with Crippen molar-refractivity contribution in [3.05, 3.63) is 72.6 Å². The number of anilines is 2. The van der Waals surface area contributed by atoms with E-state index in [2.05, 4.69) is 21.9 Å². The SMILES string of the molecule is C=C(C)C(=O)Nc1ccc(-c2c(-c3ccc(C(=O)N(C)C4CCN(C)C4=O)cc3)c3c(N)ncnc3n2C)cc1. The molecule has 2 aromatic carbocycles. The van der Waals surface area contributed by atoms with Crippen LogP contribution in [0.25, 0.3) is 33.4 Å². The van der Waals surface area contributed by atoms with Crippen LogP contribution in [-0.2, 0) is 16.6 Å². The van der Waals surface area contributed by atoms with Gasteiger partial charge in [-0.05, 0) is 48.7 Å². The highest BCUT2D eigenvalue weighted by atomic mass is 16.2. The molecular formula is C30H31N7O3.